The van der Waals surface area contributed by atoms with Crippen LogP contribution in [0, 0.1) is 0 Å². The predicted molar refractivity (Wildman–Crippen MR) is 93.3 cm³/mol. The molecule has 1 heterocycles. The molecular formula is C14H37NO4SSi. The summed E-state index contributed by atoms with van der Waals surface area (Å²) in [6.07, 6.45) is 2.81. The Bertz CT molecular complexity index is 346. The topological polar surface area (TPSA) is 66.4 Å². The Morgan fingerprint density at radius 3 is 1.81 bits per heavy atom. The lowest BCUT2D eigenvalue weighted by Gasteiger charge is -2.28. The number of ether oxygens (including phenoxy) is 1. The first-order valence-corrected chi connectivity index (χ1v) is 12.0. The Morgan fingerprint density at radius 1 is 1.14 bits per heavy atom. The highest BCUT2D eigenvalue weighted by Crippen LogP contribution is 2.15. The number of likely N-dealkylation sites (tertiary alicyclic amines) is 1. The van der Waals surface area contributed by atoms with Crippen LogP contribution in [0.4, 0.5) is 0 Å². The molecule has 0 aliphatic carbocycles. The van der Waals surface area contributed by atoms with E-state index in [4.69, 9.17) is 4.74 Å². The lowest BCUT2D eigenvalue weighted by molar-refractivity contribution is -0.897. The number of nitrogens with zero attached hydrogens (tertiary/aromatic N) is 1. The molecule has 0 unspecified atom stereocenters. The highest BCUT2D eigenvalue weighted by molar-refractivity contribution is 7.87. The second-order valence-corrected chi connectivity index (χ2v) is 14.1. The van der Waals surface area contributed by atoms with Crippen LogP contribution in [0.25, 0.3) is 0 Å². The highest BCUT2D eigenvalue weighted by atomic mass is 32.2. The molecule has 1 rings (SSSR count). The molecule has 0 atom stereocenters. The molecule has 0 radical (unpaired) electrons. The summed E-state index contributed by atoms with van der Waals surface area (Å²) in [6.45, 7) is 10.4. The highest BCUT2D eigenvalue weighted by Gasteiger charge is 2.25. The molecule has 7 heteroatoms. The van der Waals surface area contributed by atoms with E-state index in [9.17, 15) is 13.0 Å². The van der Waals surface area contributed by atoms with Gasteiger partial charge in [0.05, 0.1) is 44.9 Å². The molecular weight excluding hydrogens is 306 g/mol. The third kappa shape index (κ3) is 16.2. The van der Waals surface area contributed by atoms with Crippen LogP contribution in [0.3, 0.4) is 0 Å². The summed E-state index contributed by atoms with van der Waals surface area (Å²) in [7, 11) is -1.56. The standard InChI is InChI=1S/C8H18NO.C4H12O3SSi.2CH4/c1-9(7-8-10-2)5-3-4-6-9;1-9(2,3)4-8(5,6)7;;/h3-8H2,1-2H3;4H2,1-3H3,(H,5,6,7);2*1H4/q+1;;;/p-1. The van der Waals surface area contributed by atoms with Gasteiger partial charge < -0.3 is 13.8 Å². The zero-order chi connectivity index (χ0) is 15.2. The van der Waals surface area contributed by atoms with Gasteiger partial charge in [-0.15, -0.1) is 0 Å². The zero-order valence-corrected chi connectivity index (χ0v) is 14.8. The van der Waals surface area contributed by atoms with Crippen molar-refractivity contribution in [3.63, 3.8) is 0 Å². The van der Waals surface area contributed by atoms with Crippen LogP contribution in [0.2, 0.25) is 19.6 Å². The molecule has 5 nitrogen and oxygen atoms in total. The predicted octanol–water partition coefficient (Wildman–Crippen LogP) is 2.55. The molecule has 0 N–H and O–H groups in total. The fraction of sp³-hybridized carbons (Fsp3) is 1.00. The number of hydrogen-bond acceptors (Lipinski definition) is 4. The van der Waals surface area contributed by atoms with Crippen LogP contribution >= 0.6 is 0 Å². The first kappa shape index (κ1) is 26.0. The molecule has 0 aromatic carbocycles. The van der Waals surface area contributed by atoms with E-state index in [1.54, 1.807) is 7.11 Å². The second kappa shape index (κ2) is 10.7. The van der Waals surface area contributed by atoms with Crippen LogP contribution in [-0.4, -0.2) is 71.3 Å². The van der Waals surface area contributed by atoms with E-state index in [1.165, 1.54) is 37.0 Å². The largest absolute Gasteiger partial charge is 0.748 e. The van der Waals surface area contributed by atoms with Crippen molar-refractivity contribution in [1.82, 2.24) is 0 Å². The van der Waals surface area contributed by atoms with E-state index in [-0.39, 0.29) is 20.2 Å². The van der Waals surface area contributed by atoms with E-state index in [0.29, 0.717) is 0 Å². The average molecular weight is 344 g/mol. The van der Waals surface area contributed by atoms with E-state index in [0.717, 1.165) is 6.61 Å². The molecule has 0 spiro atoms. The number of rotatable bonds is 5. The molecule has 1 saturated heterocycles. The van der Waals surface area contributed by atoms with Crippen molar-refractivity contribution in [2.24, 2.45) is 0 Å². The van der Waals surface area contributed by atoms with Gasteiger partial charge in [0.1, 0.15) is 6.54 Å². The number of likely N-dealkylation sites (N-methyl/N-ethyl adjacent to an activating group) is 1. The van der Waals surface area contributed by atoms with E-state index < -0.39 is 18.2 Å². The SMILES string of the molecule is C.C.COCC[N+]1(C)CCCC1.C[Si](C)(C)CS(=O)(=O)[O-]. The van der Waals surface area contributed by atoms with E-state index >= 15 is 0 Å². The van der Waals surface area contributed by atoms with Gasteiger partial charge in [-0.05, 0) is 0 Å². The van der Waals surface area contributed by atoms with Crippen molar-refractivity contribution in [2.75, 3.05) is 45.8 Å². The molecule has 0 aromatic rings. The minimum Gasteiger partial charge on any atom is -0.748 e. The molecule has 0 bridgehead atoms. The van der Waals surface area contributed by atoms with Gasteiger partial charge >= 0.3 is 0 Å². The van der Waals surface area contributed by atoms with Crippen molar-refractivity contribution in [3.8, 4) is 0 Å². The third-order valence-corrected chi connectivity index (χ3v) is 7.97. The van der Waals surface area contributed by atoms with Crippen molar-refractivity contribution in [2.45, 2.75) is 47.3 Å². The van der Waals surface area contributed by atoms with Crippen molar-refractivity contribution in [1.29, 1.82) is 0 Å². The Labute approximate surface area is 134 Å². The molecule has 0 aromatic heterocycles. The minimum absolute atomic E-state index is 0. The first-order valence-electron chi connectivity index (χ1n) is 6.74. The first-order chi connectivity index (χ1) is 8.47. The fourth-order valence-corrected chi connectivity index (χ4v) is 6.41. The van der Waals surface area contributed by atoms with Gasteiger partial charge in [-0.2, -0.15) is 0 Å². The molecule has 0 saturated carbocycles. The lowest BCUT2D eigenvalue weighted by atomic mass is 10.4. The van der Waals surface area contributed by atoms with Crippen LogP contribution in [0.15, 0.2) is 0 Å². The third-order valence-electron chi connectivity index (χ3n) is 3.09. The monoisotopic (exact) mass is 343 g/mol. The Balaban J connectivity index is -0.000000284. The Hall–Kier alpha value is 0.0469. The Kier molecular flexibility index (Phi) is 13.3. The quantitative estimate of drug-likeness (QED) is 0.437. The van der Waals surface area contributed by atoms with Gasteiger partial charge in [0.2, 0.25) is 0 Å². The summed E-state index contributed by atoms with van der Waals surface area (Å²) < 4.78 is 36.7. The van der Waals surface area contributed by atoms with Gasteiger partial charge in [0.15, 0.2) is 0 Å². The van der Waals surface area contributed by atoms with Gasteiger partial charge in [-0.1, -0.05) is 34.5 Å². The summed E-state index contributed by atoms with van der Waals surface area (Å²) >= 11 is 0. The zero-order valence-electron chi connectivity index (χ0n) is 12.9. The van der Waals surface area contributed by atoms with Gasteiger partial charge in [-0.25, -0.2) is 8.42 Å². The maximum atomic E-state index is 10.1. The van der Waals surface area contributed by atoms with E-state index in [2.05, 4.69) is 7.05 Å². The maximum absolute atomic E-state index is 10.1. The summed E-state index contributed by atoms with van der Waals surface area (Å²) in [5.74, 6) is 0. The second-order valence-electron chi connectivity index (χ2n) is 6.75. The van der Waals surface area contributed by atoms with Crippen molar-refractivity contribution in [3.05, 3.63) is 0 Å². The summed E-state index contributed by atoms with van der Waals surface area (Å²) in [5.41, 5.74) is 0. The molecule has 132 valence electrons. The fourth-order valence-electron chi connectivity index (χ4n) is 2.16. The minimum atomic E-state index is -3.97. The van der Waals surface area contributed by atoms with Gasteiger partial charge in [-0.3, -0.25) is 0 Å². The average Bonchev–Trinajstić information content (AvgIpc) is 2.58. The number of methoxy groups -OCH3 is 1. The molecule has 1 aliphatic rings. The summed E-state index contributed by atoms with van der Waals surface area (Å²) in [6, 6.07) is 0. The Morgan fingerprint density at radius 2 is 1.57 bits per heavy atom. The number of hydrogen-bond donors (Lipinski definition) is 0. The number of quaternary nitrogens is 1. The normalized spacial score (nSPS) is 17.0. The van der Waals surface area contributed by atoms with Crippen LogP contribution < -0.4 is 0 Å². The lowest BCUT2D eigenvalue weighted by Crippen LogP contribution is -2.43. The van der Waals surface area contributed by atoms with Gasteiger partial charge in [0, 0.05) is 25.3 Å². The maximum Gasteiger partial charge on any atom is 0.102 e. The summed E-state index contributed by atoms with van der Waals surface area (Å²) in [5, 5.41) is -0.153. The van der Waals surface area contributed by atoms with E-state index in [1.807, 2.05) is 19.6 Å². The summed E-state index contributed by atoms with van der Waals surface area (Å²) in [4.78, 5) is 0. The van der Waals surface area contributed by atoms with Crippen molar-refractivity contribution >= 4 is 18.2 Å². The molecule has 1 aliphatic heterocycles. The molecule has 1 fully saturated rings. The van der Waals surface area contributed by atoms with Gasteiger partial charge in [0.25, 0.3) is 0 Å². The smallest absolute Gasteiger partial charge is 0.102 e. The van der Waals surface area contributed by atoms with Crippen molar-refractivity contribution < 1.29 is 22.2 Å². The van der Waals surface area contributed by atoms with Crippen LogP contribution in [-0.2, 0) is 14.9 Å². The van der Waals surface area contributed by atoms with Crippen LogP contribution in [0.5, 0.6) is 0 Å². The molecule has 0 amide bonds. The van der Waals surface area contributed by atoms with Crippen LogP contribution in [0.1, 0.15) is 27.7 Å². The molecule has 21 heavy (non-hydrogen) atoms.